The number of carbonyl (C=O) groups excluding carboxylic acids is 1. The lowest BCUT2D eigenvalue weighted by Crippen LogP contribution is -2.51. The van der Waals surface area contributed by atoms with Crippen molar-refractivity contribution in [1.82, 2.24) is 10.2 Å². The van der Waals surface area contributed by atoms with Crippen LogP contribution in [-0.2, 0) is 11.2 Å². The third-order valence-corrected chi connectivity index (χ3v) is 3.79. The number of halogens is 1. The summed E-state index contributed by atoms with van der Waals surface area (Å²) in [5, 5.41) is 3.34. The van der Waals surface area contributed by atoms with Gasteiger partial charge in [-0.15, -0.1) is 0 Å². The average molecular weight is 297 g/mol. The van der Waals surface area contributed by atoms with Crippen LogP contribution in [0.5, 0.6) is 0 Å². The summed E-state index contributed by atoms with van der Waals surface area (Å²) in [4.78, 5) is 14.1. The van der Waals surface area contributed by atoms with Gasteiger partial charge in [0.25, 0.3) is 0 Å². The molecule has 1 aromatic rings. The van der Waals surface area contributed by atoms with E-state index in [2.05, 4.69) is 28.2 Å². The summed E-state index contributed by atoms with van der Waals surface area (Å²) >= 11 is 3.48. The largest absolute Gasteiger partial charge is 0.340 e. The number of hydrogen-bond donors (Lipinski definition) is 1. The predicted octanol–water partition coefficient (Wildman–Crippen LogP) is 1.81. The van der Waals surface area contributed by atoms with Crippen molar-refractivity contribution in [2.75, 3.05) is 19.6 Å². The summed E-state index contributed by atoms with van der Waals surface area (Å²) < 4.78 is 1.01. The minimum atomic E-state index is 0.213. The SMILES string of the molecule is C[C@@H]1CN(C(=O)Cc2ccccc2Br)CCN1. The number of nitrogens with zero attached hydrogens (tertiary/aromatic N) is 1. The zero-order valence-electron chi connectivity index (χ0n) is 9.95. The molecule has 3 nitrogen and oxygen atoms in total. The van der Waals surface area contributed by atoms with Crippen LogP contribution in [0.4, 0.5) is 0 Å². The van der Waals surface area contributed by atoms with E-state index < -0.39 is 0 Å². The van der Waals surface area contributed by atoms with Gasteiger partial charge in [-0.2, -0.15) is 0 Å². The highest BCUT2D eigenvalue weighted by molar-refractivity contribution is 9.10. The van der Waals surface area contributed by atoms with Gasteiger partial charge in [-0.3, -0.25) is 4.79 Å². The number of nitrogens with one attached hydrogen (secondary N) is 1. The maximum Gasteiger partial charge on any atom is 0.227 e. The van der Waals surface area contributed by atoms with Gasteiger partial charge in [-0.1, -0.05) is 34.1 Å². The first-order valence-corrected chi connectivity index (χ1v) is 6.70. The lowest BCUT2D eigenvalue weighted by Gasteiger charge is -2.32. The summed E-state index contributed by atoms with van der Waals surface area (Å²) in [5.74, 6) is 0.213. The molecule has 92 valence electrons. The number of hydrogen-bond acceptors (Lipinski definition) is 2. The van der Waals surface area contributed by atoms with Crippen molar-refractivity contribution in [3.05, 3.63) is 34.3 Å². The summed E-state index contributed by atoms with van der Waals surface area (Å²) in [6.45, 7) is 4.62. The topological polar surface area (TPSA) is 32.3 Å². The van der Waals surface area contributed by atoms with Gasteiger partial charge >= 0.3 is 0 Å². The molecule has 0 radical (unpaired) electrons. The Labute approximate surface area is 110 Å². The van der Waals surface area contributed by atoms with Crippen molar-refractivity contribution in [2.24, 2.45) is 0 Å². The molecule has 1 aliphatic heterocycles. The van der Waals surface area contributed by atoms with E-state index in [1.54, 1.807) is 0 Å². The molecule has 0 unspecified atom stereocenters. The Bertz CT molecular complexity index is 408. The Hall–Kier alpha value is -0.870. The molecule has 1 aliphatic rings. The third kappa shape index (κ3) is 3.30. The van der Waals surface area contributed by atoms with Gasteiger partial charge in [0.1, 0.15) is 0 Å². The third-order valence-electron chi connectivity index (χ3n) is 3.02. The van der Waals surface area contributed by atoms with Crippen molar-refractivity contribution in [1.29, 1.82) is 0 Å². The Morgan fingerprint density at radius 1 is 1.53 bits per heavy atom. The number of benzene rings is 1. The maximum atomic E-state index is 12.1. The number of carbonyl (C=O) groups is 1. The molecule has 1 atom stereocenters. The summed E-state index contributed by atoms with van der Waals surface area (Å²) in [7, 11) is 0. The van der Waals surface area contributed by atoms with E-state index in [9.17, 15) is 4.79 Å². The Balaban J connectivity index is 1.99. The van der Waals surface area contributed by atoms with Crippen molar-refractivity contribution in [3.63, 3.8) is 0 Å². The van der Waals surface area contributed by atoms with E-state index in [-0.39, 0.29) is 5.91 Å². The lowest BCUT2D eigenvalue weighted by molar-refractivity contribution is -0.131. The second kappa shape index (κ2) is 5.65. The molecule has 0 bridgehead atoms. The zero-order chi connectivity index (χ0) is 12.3. The lowest BCUT2D eigenvalue weighted by atomic mass is 10.1. The van der Waals surface area contributed by atoms with Crippen molar-refractivity contribution in [3.8, 4) is 0 Å². The van der Waals surface area contributed by atoms with E-state index >= 15 is 0 Å². The molecule has 1 amide bonds. The van der Waals surface area contributed by atoms with Gasteiger partial charge in [-0.05, 0) is 18.6 Å². The molecule has 1 fully saturated rings. The highest BCUT2D eigenvalue weighted by Gasteiger charge is 2.20. The van der Waals surface area contributed by atoms with Crippen molar-refractivity contribution in [2.45, 2.75) is 19.4 Å². The molecule has 1 saturated heterocycles. The van der Waals surface area contributed by atoms with Crippen LogP contribution in [-0.4, -0.2) is 36.5 Å². The highest BCUT2D eigenvalue weighted by Crippen LogP contribution is 2.17. The Kier molecular flexibility index (Phi) is 4.18. The Morgan fingerprint density at radius 3 is 3.00 bits per heavy atom. The molecule has 2 rings (SSSR count). The monoisotopic (exact) mass is 296 g/mol. The van der Waals surface area contributed by atoms with Crippen LogP contribution in [0, 0.1) is 0 Å². The van der Waals surface area contributed by atoms with Crippen LogP contribution in [0.15, 0.2) is 28.7 Å². The van der Waals surface area contributed by atoms with Crippen LogP contribution in [0.3, 0.4) is 0 Å². The molecule has 1 heterocycles. The average Bonchev–Trinajstić information content (AvgIpc) is 2.32. The van der Waals surface area contributed by atoms with Crippen LogP contribution in [0.25, 0.3) is 0 Å². The van der Waals surface area contributed by atoms with E-state index in [4.69, 9.17) is 0 Å². The van der Waals surface area contributed by atoms with E-state index in [1.165, 1.54) is 0 Å². The second-order valence-electron chi connectivity index (χ2n) is 4.46. The van der Waals surface area contributed by atoms with Gasteiger partial charge in [-0.25, -0.2) is 0 Å². The van der Waals surface area contributed by atoms with E-state index in [1.807, 2.05) is 29.2 Å². The fraction of sp³-hybridized carbons (Fsp3) is 0.462. The summed E-state index contributed by atoms with van der Waals surface area (Å²) in [5.41, 5.74) is 1.06. The fourth-order valence-electron chi connectivity index (χ4n) is 2.08. The molecule has 4 heteroatoms. The van der Waals surface area contributed by atoms with Gasteiger partial charge in [0, 0.05) is 30.1 Å². The van der Waals surface area contributed by atoms with E-state index in [0.29, 0.717) is 12.5 Å². The number of amides is 1. The van der Waals surface area contributed by atoms with E-state index in [0.717, 1.165) is 29.7 Å². The number of rotatable bonds is 2. The smallest absolute Gasteiger partial charge is 0.227 e. The Morgan fingerprint density at radius 2 is 2.29 bits per heavy atom. The molecular formula is C13H17BrN2O. The predicted molar refractivity (Wildman–Crippen MR) is 71.9 cm³/mol. The van der Waals surface area contributed by atoms with Crippen LogP contribution in [0.2, 0.25) is 0 Å². The first-order chi connectivity index (χ1) is 8.16. The van der Waals surface area contributed by atoms with Crippen LogP contribution >= 0.6 is 15.9 Å². The van der Waals surface area contributed by atoms with Crippen molar-refractivity contribution < 1.29 is 4.79 Å². The van der Waals surface area contributed by atoms with Gasteiger partial charge in [0.2, 0.25) is 5.91 Å². The minimum absolute atomic E-state index is 0.213. The van der Waals surface area contributed by atoms with Crippen LogP contribution < -0.4 is 5.32 Å². The van der Waals surface area contributed by atoms with Gasteiger partial charge in [0.15, 0.2) is 0 Å². The van der Waals surface area contributed by atoms with Gasteiger partial charge < -0.3 is 10.2 Å². The molecule has 1 N–H and O–H groups in total. The number of piperazine rings is 1. The molecule has 0 aromatic heterocycles. The molecule has 0 aliphatic carbocycles. The minimum Gasteiger partial charge on any atom is -0.340 e. The molecule has 1 aromatic carbocycles. The molecular weight excluding hydrogens is 280 g/mol. The maximum absolute atomic E-state index is 12.1. The standard InChI is InChI=1S/C13H17BrN2O/c1-10-9-16(7-6-15-10)13(17)8-11-4-2-3-5-12(11)14/h2-5,10,15H,6-9H2,1H3/t10-/m1/s1. The molecule has 0 spiro atoms. The first-order valence-electron chi connectivity index (χ1n) is 5.91. The van der Waals surface area contributed by atoms with Crippen LogP contribution in [0.1, 0.15) is 12.5 Å². The normalized spacial score (nSPS) is 20.4. The van der Waals surface area contributed by atoms with Gasteiger partial charge in [0.05, 0.1) is 6.42 Å². The second-order valence-corrected chi connectivity index (χ2v) is 5.32. The first kappa shape index (κ1) is 12.6. The zero-order valence-corrected chi connectivity index (χ0v) is 11.5. The summed E-state index contributed by atoms with van der Waals surface area (Å²) in [6.07, 6.45) is 0.480. The summed E-state index contributed by atoms with van der Waals surface area (Å²) in [6, 6.07) is 8.29. The van der Waals surface area contributed by atoms with Crippen molar-refractivity contribution >= 4 is 21.8 Å². The molecule has 17 heavy (non-hydrogen) atoms. The fourth-order valence-corrected chi connectivity index (χ4v) is 2.50. The quantitative estimate of drug-likeness (QED) is 0.903. The molecule has 0 saturated carbocycles. The highest BCUT2D eigenvalue weighted by atomic mass is 79.9.